The Morgan fingerprint density at radius 1 is 0.375 bits per heavy atom. The first-order chi connectivity index (χ1) is 19.7. The van der Waals surface area contributed by atoms with Crippen molar-refractivity contribution in [3.63, 3.8) is 0 Å². The van der Waals surface area contributed by atoms with E-state index in [0.717, 1.165) is 27.6 Å². The van der Waals surface area contributed by atoms with Crippen LogP contribution in [-0.2, 0) is 0 Å². The van der Waals surface area contributed by atoms with Crippen molar-refractivity contribution >= 4 is 50.2 Å². The predicted molar refractivity (Wildman–Crippen MR) is 172 cm³/mol. The summed E-state index contributed by atoms with van der Waals surface area (Å²) in [6.45, 7) is 0. The van der Waals surface area contributed by atoms with E-state index in [2.05, 4.69) is 150 Å². The van der Waals surface area contributed by atoms with E-state index in [4.69, 9.17) is 11.6 Å². The summed E-state index contributed by atoms with van der Waals surface area (Å²) in [5, 5.41) is 5.65. The minimum atomic E-state index is 0.735. The van der Waals surface area contributed by atoms with Crippen LogP contribution in [0.2, 0.25) is 5.02 Å². The molecule has 0 saturated heterocycles. The van der Waals surface area contributed by atoms with E-state index in [1.165, 1.54) is 38.2 Å². The molecular formula is C38H26ClN. The standard InChI is InChI=1S/C38H26ClN/c39-31-20-15-30(16-21-31)37-25-34(26-38-35-14-8-7-11-29(35)19-24-36(37)38)40(32-12-5-2-6-13-32)33-22-17-28(18-23-33)27-9-3-1-4-10-27/h1-26H. The van der Waals surface area contributed by atoms with E-state index in [1.807, 2.05) is 12.1 Å². The van der Waals surface area contributed by atoms with Crippen LogP contribution in [0.15, 0.2) is 158 Å². The van der Waals surface area contributed by atoms with Crippen LogP contribution in [0.5, 0.6) is 0 Å². The molecule has 0 radical (unpaired) electrons. The lowest BCUT2D eigenvalue weighted by atomic mass is 9.93. The lowest BCUT2D eigenvalue weighted by Gasteiger charge is -2.27. The van der Waals surface area contributed by atoms with Gasteiger partial charge >= 0.3 is 0 Å². The van der Waals surface area contributed by atoms with Crippen LogP contribution in [0.4, 0.5) is 17.1 Å². The van der Waals surface area contributed by atoms with Crippen molar-refractivity contribution in [3.8, 4) is 22.3 Å². The van der Waals surface area contributed by atoms with Gasteiger partial charge in [0.15, 0.2) is 0 Å². The molecule has 0 bridgehead atoms. The van der Waals surface area contributed by atoms with E-state index < -0.39 is 0 Å². The van der Waals surface area contributed by atoms with Gasteiger partial charge in [-0.05, 0) is 92.3 Å². The Bertz CT molecular complexity index is 1930. The minimum Gasteiger partial charge on any atom is -0.310 e. The number of benzene rings is 7. The zero-order chi connectivity index (χ0) is 26.9. The van der Waals surface area contributed by atoms with Gasteiger partial charge in [-0.1, -0.05) is 121 Å². The number of rotatable bonds is 5. The van der Waals surface area contributed by atoms with Crippen LogP contribution in [0, 0.1) is 0 Å². The number of para-hydroxylation sites is 1. The number of nitrogens with zero attached hydrogens (tertiary/aromatic N) is 1. The zero-order valence-electron chi connectivity index (χ0n) is 21.8. The first-order valence-corrected chi connectivity index (χ1v) is 13.8. The molecule has 7 aromatic rings. The third kappa shape index (κ3) is 4.51. The second-order valence-corrected chi connectivity index (χ2v) is 10.4. The topological polar surface area (TPSA) is 3.24 Å². The zero-order valence-corrected chi connectivity index (χ0v) is 22.6. The molecule has 0 aliphatic rings. The van der Waals surface area contributed by atoms with Crippen molar-refractivity contribution in [2.75, 3.05) is 4.90 Å². The molecule has 1 nitrogen and oxygen atoms in total. The summed E-state index contributed by atoms with van der Waals surface area (Å²) in [6.07, 6.45) is 0. The smallest absolute Gasteiger partial charge is 0.0474 e. The average molecular weight is 532 g/mol. The minimum absolute atomic E-state index is 0.735. The van der Waals surface area contributed by atoms with Gasteiger partial charge in [-0.15, -0.1) is 0 Å². The van der Waals surface area contributed by atoms with E-state index in [0.29, 0.717) is 0 Å². The van der Waals surface area contributed by atoms with E-state index in [1.54, 1.807) is 0 Å². The number of fused-ring (bicyclic) bond motifs is 3. The van der Waals surface area contributed by atoms with E-state index >= 15 is 0 Å². The largest absolute Gasteiger partial charge is 0.310 e. The van der Waals surface area contributed by atoms with Crippen molar-refractivity contribution in [2.24, 2.45) is 0 Å². The monoisotopic (exact) mass is 531 g/mol. The molecule has 0 atom stereocenters. The molecule has 0 spiro atoms. The highest BCUT2D eigenvalue weighted by atomic mass is 35.5. The van der Waals surface area contributed by atoms with Crippen LogP contribution in [0.25, 0.3) is 43.8 Å². The molecule has 2 heteroatoms. The maximum absolute atomic E-state index is 6.29. The molecule has 7 rings (SSSR count). The van der Waals surface area contributed by atoms with Gasteiger partial charge in [-0.2, -0.15) is 0 Å². The molecule has 0 amide bonds. The molecule has 0 aliphatic heterocycles. The van der Waals surface area contributed by atoms with Crippen molar-refractivity contribution in [2.45, 2.75) is 0 Å². The van der Waals surface area contributed by atoms with Crippen molar-refractivity contribution in [1.29, 1.82) is 0 Å². The Kier molecular flexibility index (Phi) is 6.28. The molecule has 0 unspecified atom stereocenters. The maximum atomic E-state index is 6.29. The molecule has 0 fully saturated rings. The summed E-state index contributed by atoms with van der Waals surface area (Å²) < 4.78 is 0. The lowest BCUT2D eigenvalue weighted by molar-refractivity contribution is 1.29. The summed E-state index contributed by atoms with van der Waals surface area (Å²) in [5.41, 5.74) is 8.04. The molecule has 0 N–H and O–H groups in total. The fraction of sp³-hybridized carbons (Fsp3) is 0. The molecule has 0 aliphatic carbocycles. The highest BCUT2D eigenvalue weighted by Gasteiger charge is 2.17. The highest BCUT2D eigenvalue weighted by molar-refractivity contribution is 6.30. The van der Waals surface area contributed by atoms with E-state index in [9.17, 15) is 0 Å². The van der Waals surface area contributed by atoms with Gasteiger partial charge in [0.25, 0.3) is 0 Å². The number of hydrogen-bond acceptors (Lipinski definition) is 1. The van der Waals surface area contributed by atoms with Crippen LogP contribution >= 0.6 is 11.6 Å². The summed E-state index contributed by atoms with van der Waals surface area (Å²) in [4.78, 5) is 2.34. The molecule has 0 saturated carbocycles. The van der Waals surface area contributed by atoms with Crippen molar-refractivity contribution < 1.29 is 0 Å². The number of anilines is 3. The molecule has 40 heavy (non-hydrogen) atoms. The summed E-state index contributed by atoms with van der Waals surface area (Å²) in [6, 6.07) is 55.8. The van der Waals surface area contributed by atoms with Gasteiger partial charge < -0.3 is 4.90 Å². The Hall–Kier alpha value is -4.85. The Labute approximate surface area is 239 Å². The van der Waals surface area contributed by atoms with Gasteiger partial charge in [0.2, 0.25) is 0 Å². The van der Waals surface area contributed by atoms with E-state index in [-0.39, 0.29) is 0 Å². The van der Waals surface area contributed by atoms with Gasteiger partial charge in [0.1, 0.15) is 0 Å². The van der Waals surface area contributed by atoms with Gasteiger partial charge in [0, 0.05) is 22.1 Å². The molecule has 190 valence electrons. The van der Waals surface area contributed by atoms with Crippen LogP contribution < -0.4 is 4.90 Å². The quantitative estimate of drug-likeness (QED) is 0.200. The second kappa shape index (κ2) is 10.4. The summed E-state index contributed by atoms with van der Waals surface area (Å²) in [5.74, 6) is 0. The molecule has 7 aromatic carbocycles. The highest BCUT2D eigenvalue weighted by Crippen LogP contribution is 2.42. The van der Waals surface area contributed by atoms with Crippen LogP contribution in [0.1, 0.15) is 0 Å². The van der Waals surface area contributed by atoms with Gasteiger partial charge in [-0.3, -0.25) is 0 Å². The predicted octanol–water partition coefficient (Wildman–Crippen LogP) is 11.5. The Balaban J connectivity index is 1.48. The molecular weight excluding hydrogens is 506 g/mol. The third-order valence-electron chi connectivity index (χ3n) is 7.51. The van der Waals surface area contributed by atoms with Crippen molar-refractivity contribution in [1.82, 2.24) is 0 Å². The van der Waals surface area contributed by atoms with Crippen LogP contribution in [0.3, 0.4) is 0 Å². The Morgan fingerprint density at radius 2 is 0.975 bits per heavy atom. The van der Waals surface area contributed by atoms with Gasteiger partial charge in [0.05, 0.1) is 0 Å². The second-order valence-electron chi connectivity index (χ2n) is 9.97. The molecule has 0 aromatic heterocycles. The summed E-state index contributed by atoms with van der Waals surface area (Å²) >= 11 is 6.29. The first-order valence-electron chi connectivity index (χ1n) is 13.5. The fourth-order valence-corrected chi connectivity index (χ4v) is 5.68. The SMILES string of the molecule is Clc1ccc(-c2cc(N(c3ccccc3)c3ccc(-c4ccccc4)cc3)cc3c2ccc2ccccc23)cc1. The average Bonchev–Trinajstić information content (AvgIpc) is 3.02. The fourth-order valence-electron chi connectivity index (χ4n) is 5.56. The summed E-state index contributed by atoms with van der Waals surface area (Å²) in [7, 11) is 0. The lowest BCUT2D eigenvalue weighted by Crippen LogP contribution is -2.10. The molecule has 0 heterocycles. The Morgan fingerprint density at radius 3 is 1.73 bits per heavy atom. The normalized spacial score (nSPS) is 11.1. The number of halogens is 1. The van der Waals surface area contributed by atoms with Gasteiger partial charge in [-0.25, -0.2) is 0 Å². The van der Waals surface area contributed by atoms with Crippen molar-refractivity contribution in [3.05, 3.63) is 163 Å². The van der Waals surface area contributed by atoms with Crippen LogP contribution in [-0.4, -0.2) is 0 Å². The number of hydrogen-bond donors (Lipinski definition) is 0. The first kappa shape index (κ1) is 24.2. The maximum Gasteiger partial charge on any atom is 0.0474 e. The third-order valence-corrected chi connectivity index (χ3v) is 7.76.